The summed E-state index contributed by atoms with van der Waals surface area (Å²) < 4.78 is 29.0. The third kappa shape index (κ3) is 4.46. The first-order valence-electron chi connectivity index (χ1n) is 8.91. The minimum atomic E-state index is -3.35. The maximum atomic E-state index is 12.9. The molecular formula is C16H28N6O2S. The average Bonchev–Trinajstić information content (AvgIpc) is 3.03. The van der Waals surface area contributed by atoms with Gasteiger partial charge in [-0.2, -0.15) is 17.0 Å². The molecule has 0 spiro atoms. The van der Waals surface area contributed by atoms with Crippen molar-refractivity contribution in [1.29, 1.82) is 0 Å². The minimum absolute atomic E-state index is 0.199. The summed E-state index contributed by atoms with van der Waals surface area (Å²) in [5, 5.41) is 3.37. The van der Waals surface area contributed by atoms with Crippen LogP contribution in [0.25, 0.3) is 0 Å². The van der Waals surface area contributed by atoms with Gasteiger partial charge in [-0.15, -0.1) is 0 Å². The third-order valence-corrected chi connectivity index (χ3v) is 6.82. The van der Waals surface area contributed by atoms with Crippen molar-refractivity contribution < 1.29 is 8.42 Å². The number of nitrogens with one attached hydrogen (secondary N) is 1. The summed E-state index contributed by atoms with van der Waals surface area (Å²) in [6.07, 6.45) is 4.24. The van der Waals surface area contributed by atoms with Crippen LogP contribution < -0.4 is 10.2 Å². The van der Waals surface area contributed by atoms with E-state index in [0.29, 0.717) is 32.7 Å². The molecule has 3 rings (SSSR count). The minimum Gasteiger partial charge on any atom is -0.363 e. The zero-order valence-electron chi connectivity index (χ0n) is 15.1. The average molecular weight is 369 g/mol. The molecule has 1 aromatic rings. The molecule has 8 nitrogen and oxygen atoms in total. The molecule has 0 aliphatic carbocycles. The lowest BCUT2D eigenvalue weighted by atomic mass is 10.0. The molecule has 1 atom stereocenters. The van der Waals surface area contributed by atoms with Gasteiger partial charge in [0.25, 0.3) is 10.2 Å². The summed E-state index contributed by atoms with van der Waals surface area (Å²) in [4.78, 5) is 10.6. The standard InChI is InChI=1S/C16H28N6O2S/c1-20(2)16-10-15(18-13-19-16)9-14-11-17-5-8-22(12-14)25(23,24)21-6-3-4-7-21/h10,13-14,17H,3-9,11-12H2,1-2H3/t14-/m1/s1. The fraction of sp³-hybridized carbons (Fsp3) is 0.750. The van der Waals surface area contributed by atoms with Gasteiger partial charge >= 0.3 is 0 Å². The molecule has 0 aromatic carbocycles. The summed E-state index contributed by atoms with van der Waals surface area (Å²) in [7, 11) is 0.550. The molecular weight excluding hydrogens is 340 g/mol. The molecule has 3 heterocycles. The van der Waals surface area contributed by atoms with E-state index in [0.717, 1.165) is 37.3 Å². The van der Waals surface area contributed by atoms with Crippen LogP contribution in [0.1, 0.15) is 18.5 Å². The van der Waals surface area contributed by atoms with E-state index in [1.54, 1.807) is 14.9 Å². The van der Waals surface area contributed by atoms with E-state index >= 15 is 0 Å². The molecule has 2 aliphatic heterocycles. The molecule has 0 saturated carbocycles. The molecule has 2 aliphatic rings. The molecule has 0 amide bonds. The number of hydrogen-bond acceptors (Lipinski definition) is 6. The summed E-state index contributed by atoms with van der Waals surface area (Å²) >= 11 is 0. The van der Waals surface area contributed by atoms with Crippen molar-refractivity contribution in [1.82, 2.24) is 23.9 Å². The van der Waals surface area contributed by atoms with Crippen LogP contribution in [0.2, 0.25) is 0 Å². The van der Waals surface area contributed by atoms with E-state index in [1.165, 1.54) is 0 Å². The van der Waals surface area contributed by atoms with Gasteiger partial charge in [-0.05, 0) is 31.7 Å². The fourth-order valence-corrected chi connectivity index (χ4v) is 5.19. The largest absolute Gasteiger partial charge is 0.363 e. The van der Waals surface area contributed by atoms with E-state index in [-0.39, 0.29) is 5.92 Å². The molecule has 1 N–H and O–H groups in total. The van der Waals surface area contributed by atoms with E-state index in [2.05, 4.69) is 15.3 Å². The molecule has 140 valence electrons. The van der Waals surface area contributed by atoms with Gasteiger partial charge in [-0.1, -0.05) is 0 Å². The van der Waals surface area contributed by atoms with Gasteiger partial charge in [-0.3, -0.25) is 0 Å². The highest BCUT2D eigenvalue weighted by atomic mass is 32.2. The van der Waals surface area contributed by atoms with Gasteiger partial charge in [0, 0.05) is 58.6 Å². The van der Waals surface area contributed by atoms with E-state index in [4.69, 9.17) is 0 Å². The highest BCUT2D eigenvalue weighted by Crippen LogP contribution is 2.20. The summed E-state index contributed by atoms with van der Waals surface area (Å²) in [5.41, 5.74) is 0.950. The highest BCUT2D eigenvalue weighted by Gasteiger charge is 2.34. The van der Waals surface area contributed by atoms with Crippen LogP contribution in [-0.2, 0) is 16.6 Å². The smallest absolute Gasteiger partial charge is 0.282 e. The second-order valence-electron chi connectivity index (χ2n) is 7.01. The Hall–Kier alpha value is -1.29. The maximum absolute atomic E-state index is 12.9. The quantitative estimate of drug-likeness (QED) is 0.785. The second-order valence-corrected chi connectivity index (χ2v) is 8.94. The van der Waals surface area contributed by atoms with Gasteiger partial charge in [0.05, 0.1) is 0 Å². The van der Waals surface area contributed by atoms with Crippen LogP contribution in [-0.4, -0.2) is 80.4 Å². The topological polar surface area (TPSA) is 81.7 Å². The number of nitrogens with zero attached hydrogens (tertiary/aromatic N) is 5. The molecule has 0 bridgehead atoms. The van der Waals surface area contributed by atoms with Crippen molar-refractivity contribution in [2.24, 2.45) is 5.92 Å². The summed E-state index contributed by atoms with van der Waals surface area (Å²) in [5.74, 6) is 1.07. The van der Waals surface area contributed by atoms with Crippen molar-refractivity contribution in [3.05, 3.63) is 18.1 Å². The molecule has 1 aromatic heterocycles. The summed E-state index contributed by atoms with van der Waals surface area (Å²) in [6.45, 7) is 3.85. The normalized spacial score (nSPS) is 23.5. The predicted molar refractivity (Wildman–Crippen MR) is 97.7 cm³/mol. The molecule has 25 heavy (non-hydrogen) atoms. The Bertz CT molecular complexity index is 675. The zero-order chi connectivity index (χ0) is 17.9. The first-order chi connectivity index (χ1) is 12.0. The Morgan fingerprint density at radius 3 is 2.68 bits per heavy atom. The third-order valence-electron chi connectivity index (χ3n) is 4.82. The van der Waals surface area contributed by atoms with Crippen LogP contribution >= 0.6 is 0 Å². The monoisotopic (exact) mass is 368 g/mol. The zero-order valence-corrected chi connectivity index (χ0v) is 15.9. The van der Waals surface area contributed by atoms with Crippen molar-refractivity contribution in [3.63, 3.8) is 0 Å². The van der Waals surface area contributed by atoms with Crippen molar-refractivity contribution in [3.8, 4) is 0 Å². The first kappa shape index (κ1) is 18.5. The fourth-order valence-electron chi connectivity index (χ4n) is 3.42. The molecule has 2 saturated heterocycles. The Kier molecular flexibility index (Phi) is 5.88. The SMILES string of the molecule is CN(C)c1cc(C[C@@H]2CNCCN(S(=O)(=O)N3CCCC3)C2)ncn1. The van der Waals surface area contributed by atoms with Crippen LogP contribution in [0.5, 0.6) is 0 Å². The molecule has 0 unspecified atom stereocenters. The van der Waals surface area contributed by atoms with E-state index < -0.39 is 10.2 Å². The lowest BCUT2D eigenvalue weighted by molar-refractivity contribution is 0.338. The van der Waals surface area contributed by atoms with Crippen LogP contribution in [0.4, 0.5) is 5.82 Å². The highest BCUT2D eigenvalue weighted by molar-refractivity contribution is 7.86. The van der Waals surface area contributed by atoms with Gasteiger partial charge < -0.3 is 10.2 Å². The predicted octanol–water partition coefficient (Wildman–Crippen LogP) is -0.0529. The maximum Gasteiger partial charge on any atom is 0.282 e. The second kappa shape index (κ2) is 7.94. The van der Waals surface area contributed by atoms with Crippen molar-refractivity contribution in [2.45, 2.75) is 19.3 Å². The van der Waals surface area contributed by atoms with Gasteiger partial charge in [0.2, 0.25) is 0 Å². The lowest BCUT2D eigenvalue weighted by Crippen LogP contribution is -2.45. The molecule has 0 radical (unpaired) electrons. The van der Waals surface area contributed by atoms with Crippen LogP contribution in [0.15, 0.2) is 12.4 Å². The number of aromatic nitrogens is 2. The Morgan fingerprint density at radius 2 is 1.96 bits per heavy atom. The molecule has 9 heteroatoms. The van der Waals surface area contributed by atoms with Gasteiger partial charge in [0.1, 0.15) is 12.1 Å². The first-order valence-corrected chi connectivity index (χ1v) is 10.3. The van der Waals surface area contributed by atoms with Crippen LogP contribution in [0, 0.1) is 5.92 Å². The van der Waals surface area contributed by atoms with Gasteiger partial charge in [0.15, 0.2) is 0 Å². The number of rotatable bonds is 5. The van der Waals surface area contributed by atoms with Gasteiger partial charge in [-0.25, -0.2) is 9.97 Å². The Balaban J connectivity index is 1.70. The van der Waals surface area contributed by atoms with Crippen molar-refractivity contribution in [2.75, 3.05) is 58.3 Å². The number of anilines is 1. The summed E-state index contributed by atoms with van der Waals surface area (Å²) in [6, 6.07) is 1.98. The lowest BCUT2D eigenvalue weighted by Gasteiger charge is -2.28. The van der Waals surface area contributed by atoms with E-state index in [1.807, 2.05) is 25.1 Å². The number of hydrogen-bond donors (Lipinski definition) is 1. The Morgan fingerprint density at radius 1 is 1.20 bits per heavy atom. The molecule has 2 fully saturated rings. The van der Waals surface area contributed by atoms with E-state index in [9.17, 15) is 8.42 Å². The Labute approximate surface area is 150 Å². The van der Waals surface area contributed by atoms with Crippen LogP contribution in [0.3, 0.4) is 0 Å². The van der Waals surface area contributed by atoms with Crippen molar-refractivity contribution >= 4 is 16.0 Å².